The number of piperidine rings is 1. The van der Waals surface area contributed by atoms with Crippen LogP contribution < -0.4 is 10.6 Å². The first kappa shape index (κ1) is 21.8. The fraction of sp³-hybridized carbons (Fsp3) is 0.308. The third-order valence-corrected chi connectivity index (χ3v) is 5.88. The summed E-state index contributed by atoms with van der Waals surface area (Å²) in [6.07, 6.45) is 3.19. The van der Waals surface area contributed by atoms with Crippen LogP contribution in [0.1, 0.15) is 40.1 Å². The molecule has 1 aliphatic rings. The van der Waals surface area contributed by atoms with Gasteiger partial charge in [0.25, 0.3) is 5.91 Å². The van der Waals surface area contributed by atoms with Crippen LogP contribution >= 0.6 is 0 Å². The Morgan fingerprint density at radius 3 is 2.59 bits per heavy atom. The number of hydrogen-bond acceptors (Lipinski definition) is 4. The number of rotatable bonds is 7. The summed E-state index contributed by atoms with van der Waals surface area (Å²) in [5.41, 5.74) is 3.56. The second-order valence-corrected chi connectivity index (χ2v) is 8.34. The molecule has 3 aromatic rings. The highest BCUT2D eigenvalue weighted by atomic mass is 16.3. The molecule has 1 fully saturated rings. The first-order valence-corrected chi connectivity index (χ1v) is 11.1. The quantitative estimate of drug-likeness (QED) is 0.583. The van der Waals surface area contributed by atoms with E-state index in [4.69, 9.17) is 4.42 Å². The van der Waals surface area contributed by atoms with Crippen molar-refractivity contribution in [1.29, 1.82) is 0 Å². The van der Waals surface area contributed by atoms with Gasteiger partial charge in [0.1, 0.15) is 5.76 Å². The van der Waals surface area contributed by atoms with Crippen LogP contribution in [0.25, 0.3) is 0 Å². The highest BCUT2D eigenvalue weighted by molar-refractivity contribution is 6.04. The van der Waals surface area contributed by atoms with E-state index in [0.717, 1.165) is 32.5 Å². The monoisotopic (exact) mass is 431 g/mol. The number of furan rings is 1. The van der Waals surface area contributed by atoms with Crippen molar-refractivity contribution in [2.45, 2.75) is 32.9 Å². The normalized spacial score (nSPS) is 14.8. The van der Waals surface area contributed by atoms with Crippen LogP contribution in [0.3, 0.4) is 0 Å². The van der Waals surface area contributed by atoms with Gasteiger partial charge < -0.3 is 15.1 Å². The number of carbonyl (C=O) groups excluding carboxylic acids is 2. The standard InChI is InChI=1S/C26H29N3O3/c1-19-6-4-7-20(16-19)18-29-13-11-21(12-14-29)25(30)28-24-10-3-2-9-23(24)26(31)27-17-22-8-5-15-32-22/h2-10,15-16,21H,11-14,17-18H2,1H3,(H,27,31)(H,28,30). The lowest BCUT2D eigenvalue weighted by atomic mass is 9.95. The molecule has 2 heterocycles. The second-order valence-electron chi connectivity index (χ2n) is 8.34. The summed E-state index contributed by atoms with van der Waals surface area (Å²) in [6, 6.07) is 19.3. The van der Waals surface area contributed by atoms with Crippen molar-refractivity contribution in [1.82, 2.24) is 10.2 Å². The Kier molecular flexibility index (Phi) is 7.02. The van der Waals surface area contributed by atoms with Gasteiger partial charge in [-0.15, -0.1) is 0 Å². The van der Waals surface area contributed by atoms with E-state index < -0.39 is 0 Å². The minimum atomic E-state index is -0.245. The molecule has 0 spiro atoms. The Hall–Kier alpha value is -3.38. The molecule has 0 aliphatic carbocycles. The molecule has 0 saturated carbocycles. The molecule has 6 nitrogen and oxygen atoms in total. The van der Waals surface area contributed by atoms with Crippen LogP contribution in [0.5, 0.6) is 0 Å². The zero-order valence-corrected chi connectivity index (χ0v) is 18.3. The maximum absolute atomic E-state index is 12.9. The molecule has 4 rings (SSSR count). The molecule has 0 atom stereocenters. The molecule has 166 valence electrons. The Bertz CT molecular complexity index is 1050. The molecule has 32 heavy (non-hydrogen) atoms. The zero-order valence-electron chi connectivity index (χ0n) is 18.3. The number of likely N-dealkylation sites (tertiary alicyclic amines) is 1. The predicted molar refractivity (Wildman–Crippen MR) is 124 cm³/mol. The summed E-state index contributed by atoms with van der Waals surface area (Å²) < 4.78 is 5.26. The van der Waals surface area contributed by atoms with Crippen LogP contribution in [0, 0.1) is 12.8 Å². The Morgan fingerprint density at radius 2 is 1.84 bits per heavy atom. The van der Waals surface area contributed by atoms with Crippen molar-refractivity contribution in [3.63, 3.8) is 0 Å². The van der Waals surface area contributed by atoms with E-state index in [1.54, 1.807) is 36.6 Å². The topological polar surface area (TPSA) is 74.6 Å². The Labute approximate surface area is 188 Å². The fourth-order valence-electron chi connectivity index (χ4n) is 4.12. The van der Waals surface area contributed by atoms with Crippen molar-refractivity contribution >= 4 is 17.5 Å². The van der Waals surface area contributed by atoms with Crippen molar-refractivity contribution in [2.24, 2.45) is 5.92 Å². The van der Waals surface area contributed by atoms with Gasteiger partial charge in [0.05, 0.1) is 24.1 Å². The average molecular weight is 432 g/mol. The number of nitrogens with one attached hydrogen (secondary N) is 2. The molecule has 1 aromatic heterocycles. The maximum Gasteiger partial charge on any atom is 0.253 e. The van der Waals surface area contributed by atoms with Gasteiger partial charge in [-0.2, -0.15) is 0 Å². The van der Waals surface area contributed by atoms with E-state index in [1.807, 2.05) is 6.07 Å². The van der Waals surface area contributed by atoms with Gasteiger partial charge in [-0.25, -0.2) is 0 Å². The Morgan fingerprint density at radius 1 is 1.03 bits per heavy atom. The second kappa shape index (κ2) is 10.3. The number of para-hydroxylation sites is 1. The van der Waals surface area contributed by atoms with Gasteiger partial charge in [-0.3, -0.25) is 14.5 Å². The van der Waals surface area contributed by atoms with Crippen LogP contribution in [0.2, 0.25) is 0 Å². The van der Waals surface area contributed by atoms with Gasteiger partial charge in [0.15, 0.2) is 0 Å². The van der Waals surface area contributed by atoms with Gasteiger partial charge in [-0.1, -0.05) is 42.0 Å². The molecule has 1 aliphatic heterocycles. The molecule has 2 aromatic carbocycles. The summed E-state index contributed by atoms with van der Waals surface area (Å²) in [6.45, 7) is 5.09. The molecule has 2 amide bonds. The lowest BCUT2D eigenvalue weighted by Crippen LogP contribution is -2.38. The lowest BCUT2D eigenvalue weighted by Gasteiger charge is -2.31. The molecule has 6 heteroatoms. The summed E-state index contributed by atoms with van der Waals surface area (Å²) in [5.74, 6) is 0.358. The van der Waals surface area contributed by atoms with E-state index in [-0.39, 0.29) is 17.7 Å². The van der Waals surface area contributed by atoms with E-state index >= 15 is 0 Å². The summed E-state index contributed by atoms with van der Waals surface area (Å²) >= 11 is 0. The Balaban J connectivity index is 1.31. The number of nitrogens with zero attached hydrogens (tertiary/aromatic N) is 1. The number of aryl methyl sites for hydroxylation is 1. The molecule has 0 radical (unpaired) electrons. The summed E-state index contributed by atoms with van der Waals surface area (Å²) in [4.78, 5) is 28.0. The van der Waals surface area contributed by atoms with Gasteiger partial charge >= 0.3 is 0 Å². The highest BCUT2D eigenvalue weighted by Crippen LogP contribution is 2.23. The van der Waals surface area contributed by atoms with Crippen molar-refractivity contribution in [2.75, 3.05) is 18.4 Å². The molecule has 0 bridgehead atoms. The third-order valence-electron chi connectivity index (χ3n) is 5.88. The first-order chi connectivity index (χ1) is 15.6. The molecule has 0 unspecified atom stereocenters. The van der Waals surface area contributed by atoms with Crippen LogP contribution in [-0.4, -0.2) is 29.8 Å². The fourth-order valence-corrected chi connectivity index (χ4v) is 4.12. The zero-order chi connectivity index (χ0) is 22.3. The van der Waals surface area contributed by atoms with Gasteiger partial charge in [0.2, 0.25) is 5.91 Å². The number of benzene rings is 2. The largest absolute Gasteiger partial charge is 0.467 e. The van der Waals surface area contributed by atoms with Crippen LogP contribution in [-0.2, 0) is 17.9 Å². The van der Waals surface area contributed by atoms with Gasteiger partial charge in [-0.05, 0) is 62.7 Å². The van der Waals surface area contributed by atoms with E-state index in [9.17, 15) is 9.59 Å². The SMILES string of the molecule is Cc1cccc(CN2CCC(C(=O)Nc3ccccc3C(=O)NCc3ccco3)CC2)c1. The number of amides is 2. The minimum absolute atomic E-state index is 0.0218. The average Bonchev–Trinajstić information content (AvgIpc) is 3.32. The van der Waals surface area contributed by atoms with Crippen LogP contribution in [0.4, 0.5) is 5.69 Å². The van der Waals surface area contributed by atoms with Gasteiger partial charge in [0, 0.05) is 12.5 Å². The van der Waals surface area contributed by atoms with Crippen molar-refractivity contribution in [3.05, 3.63) is 89.4 Å². The third kappa shape index (κ3) is 5.65. The molecular formula is C26H29N3O3. The van der Waals surface area contributed by atoms with E-state index in [1.165, 1.54) is 11.1 Å². The minimum Gasteiger partial charge on any atom is -0.467 e. The molecule has 1 saturated heterocycles. The maximum atomic E-state index is 12.9. The number of carbonyl (C=O) groups is 2. The first-order valence-electron chi connectivity index (χ1n) is 11.1. The summed E-state index contributed by atoms with van der Waals surface area (Å²) in [7, 11) is 0. The summed E-state index contributed by atoms with van der Waals surface area (Å²) in [5, 5.41) is 5.82. The lowest BCUT2D eigenvalue weighted by molar-refractivity contribution is -0.121. The van der Waals surface area contributed by atoms with Crippen LogP contribution in [0.15, 0.2) is 71.3 Å². The van der Waals surface area contributed by atoms with E-state index in [2.05, 4.69) is 46.7 Å². The van der Waals surface area contributed by atoms with Crippen molar-refractivity contribution < 1.29 is 14.0 Å². The number of anilines is 1. The van der Waals surface area contributed by atoms with E-state index in [0.29, 0.717) is 23.6 Å². The predicted octanol–water partition coefficient (Wildman–Crippen LogP) is 4.37. The van der Waals surface area contributed by atoms with Crippen molar-refractivity contribution in [3.8, 4) is 0 Å². The smallest absolute Gasteiger partial charge is 0.253 e. The number of hydrogen-bond donors (Lipinski definition) is 2. The molecule has 2 N–H and O–H groups in total. The highest BCUT2D eigenvalue weighted by Gasteiger charge is 2.26. The molecular weight excluding hydrogens is 402 g/mol.